The van der Waals surface area contributed by atoms with Crippen molar-refractivity contribution in [3.8, 4) is 0 Å². The largest absolute Gasteiger partial charge is 0.356 e. The van der Waals surface area contributed by atoms with Gasteiger partial charge in [-0.3, -0.25) is 14.5 Å². The van der Waals surface area contributed by atoms with Gasteiger partial charge in [0, 0.05) is 38.6 Å². The second-order valence-electron chi connectivity index (χ2n) is 7.20. The van der Waals surface area contributed by atoms with Gasteiger partial charge in [0.1, 0.15) is 5.82 Å². The van der Waals surface area contributed by atoms with E-state index in [1.54, 1.807) is 0 Å². The van der Waals surface area contributed by atoms with Crippen LogP contribution in [-0.2, 0) is 22.6 Å². The summed E-state index contributed by atoms with van der Waals surface area (Å²) in [5.74, 6) is 0.818. The normalized spacial score (nSPS) is 18.1. The molecular weight excluding hydrogens is 342 g/mol. The molecule has 0 unspecified atom stereocenters. The average Bonchev–Trinajstić information content (AvgIpc) is 3.00. The fraction of sp³-hybridized carbons (Fsp3) is 0.550. The quantitative estimate of drug-likeness (QED) is 0.769. The lowest BCUT2D eigenvalue weighted by molar-refractivity contribution is -0.134. The van der Waals surface area contributed by atoms with Crippen LogP contribution in [-0.4, -0.2) is 58.0 Å². The molecule has 1 aliphatic rings. The third-order valence-electron chi connectivity index (χ3n) is 5.13. The Kier molecular flexibility index (Phi) is 6.11. The lowest BCUT2D eigenvalue weighted by atomic mass is 10.1. The number of piperazine rings is 1. The van der Waals surface area contributed by atoms with Gasteiger partial charge in [0.25, 0.3) is 0 Å². The Labute approximate surface area is 160 Å². The molecule has 2 amide bonds. The summed E-state index contributed by atoms with van der Waals surface area (Å²) in [6.07, 6.45) is 0.854. The molecular formula is C20H29N5O2. The van der Waals surface area contributed by atoms with Crippen molar-refractivity contribution in [3.63, 3.8) is 0 Å². The number of aryl methyl sites for hydroxylation is 1. The molecule has 7 heteroatoms. The van der Waals surface area contributed by atoms with Crippen LogP contribution in [0, 0.1) is 0 Å². The maximum Gasteiger partial charge on any atom is 0.237 e. The SMILES string of the molecule is CCn1c(CCNC(=O)C[C@H]2C(=O)NCCN2C(C)C)nc2ccccc21. The molecule has 2 heterocycles. The number of hydrogen-bond acceptors (Lipinski definition) is 4. The Hall–Kier alpha value is -2.41. The van der Waals surface area contributed by atoms with Crippen LogP contribution < -0.4 is 10.6 Å². The van der Waals surface area contributed by atoms with E-state index >= 15 is 0 Å². The molecule has 0 saturated carbocycles. The van der Waals surface area contributed by atoms with Gasteiger partial charge in [-0.05, 0) is 32.9 Å². The number of nitrogens with zero attached hydrogens (tertiary/aromatic N) is 3. The van der Waals surface area contributed by atoms with Gasteiger partial charge >= 0.3 is 0 Å². The van der Waals surface area contributed by atoms with Crippen LogP contribution in [0.15, 0.2) is 24.3 Å². The molecule has 146 valence electrons. The molecule has 1 fully saturated rings. The van der Waals surface area contributed by atoms with Gasteiger partial charge < -0.3 is 15.2 Å². The van der Waals surface area contributed by atoms with Gasteiger partial charge in [0.2, 0.25) is 11.8 Å². The molecule has 1 atom stereocenters. The predicted molar refractivity (Wildman–Crippen MR) is 105 cm³/mol. The van der Waals surface area contributed by atoms with E-state index in [1.165, 1.54) is 0 Å². The summed E-state index contributed by atoms with van der Waals surface area (Å²) in [6.45, 7) is 8.98. The molecule has 7 nitrogen and oxygen atoms in total. The summed E-state index contributed by atoms with van der Waals surface area (Å²) in [7, 11) is 0. The van der Waals surface area contributed by atoms with E-state index in [2.05, 4.69) is 51.9 Å². The van der Waals surface area contributed by atoms with E-state index in [4.69, 9.17) is 0 Å². The van der Waals surface area contributed by atoms with Crippen LogP contribution in [0.1, 0.15) is 33.0 Å². The number of carbonyl (C=O) groups is 2. The number of nitrogens with one attached hydrogen (secondary N) is 2. The first kappa shape index (κ1) is 19.4. The molecule has 1 saturated heterocycles. The highest BCUT2D eigenvalue weighted by molar-refractivity contribution is 5.88. The van der Waals surface area contributed by atoms with Gasteiger partial charge in [-0.2, -0.15) is 0 Å². The first-order chi connectivity index (χ1) is 13.0. The molecule has 27 heavy (non-hydrogen) atoms. The molecule has 2 aromatic rings. The van der Waals surface area contributed by atoms with E-state index in [0.29, 0.717) is 19.5 Å². The zero-order valence-corrected chi connectivity index (χ0v) is 16.4. The van der Waals surface area contributed by atoms with E-state index in [1.807, 2.05) is 18.2 Å². The Morgan fingerprint density at radius 1 is 1.37 bits per heavy atom. The van der Waals surface area contributed by atoms with Crippen LogP contribution >= 0.6 is 0 Å². The monoisotopic (exact) mass is 371 g/mol. The van der Waals surface area contributed by atoms with Gasteiger partial charge in [-0.1, -0.05) is 12.1 Å². The number of carbonyl (C=O) groups excluding carboxylic acids is 2. The van der Waals surface area contributed by atoms with E-state index < -0.39 is 0 Å². The maximum absolute atomic E-state index is 12.4. The van der Waals surface area contributed by atoms with Gasteiger partial charge in [-0.15, -0.1) is 0 Å². The number of para-hydroxylation sites is 2. The second kappa shape index (κ2) is 8.52. The van der Waals surface area contributed by atoms with Crippen LogP contribution in [0.3, 0.4) is 0 Å². The number of benzene rings is 1. The van der Waals surface area contributed by atoms with Crippen LogP contribution in [0.4, 0.5) is 0 Å². The van der Waals surface area contributed by atoms with Gasteiger partial charge in [-0.25, -0.2) is 4.98 Å². The number of rotatable bonds is 7. The van der Waals surface area contributed by atoms with Crippen LogP contribution in [0.2, 0.25) is 0 Å². The number of fused-ring (bicyclic) bond motifs is 1. The summed E-state index contributed by atoms with van der Waals surface area (Å²) in [5, 5.41) is 5.82. The maximum atomic E-state index is 12.4. The Morgan fingerprint density at radius 3 is 2.89 bits per heavy atom. The standard InChI is InChI=1S/C20H29N5O2/c1-4-24-16-8-6-5-7-15(16)23-18(24)9-10-21-19(26)13-17-20(27)22-11-12-25(17)14(2)3/h5-8,14,17H,4,9-13H2,1-3H3,(H,21,26)(H,22,27)/t17-/m0/s1. The minimum atomic E-state index is -0.390. The zero-order chi connectivity index (χ0) is 19.4. The van der Waals surface area contributed by atoms with Crippen molar-refractivity contribution in [1.82, 2.24) is 25.1 Å². The summed E-state index contributed by atoms with van der Waals surface area (Å²) in [5.41, 5.74) is 2.10. The molecule has 2 N–H and O–H groups in total. The van der Waals surface area contributed by atoms with E-state index in [-0.39, 0.29) is 30.3 Å². The molecule has 0 bridgehead atoms. The molecule has 1 aromatic carbocycles. The predicted octanol–water partition coefficient (Wildman–Crippen LogP) is 1.31. The number of hydrogen-bond donors (Lipinski definition) is 2. The minimum Gasteiger partial charge on any atom is -0.356 e. The highest BCUT2D eigenvalue weighted by atomic mass is 16.2. The molecule has 0 spiro atoms. The van der Waals surface area contributed by atoms with Crippen LogP contribution in [0.25, 0.3) is 11.0 Å². The van der Waals surface area contributed by atoms with Crippen LogP contribution in [0.5, 0.6) is 0 Å². The van der Waals surface area contributed by atoms with Crippen molar-refractivity contribution in [1.29, 1.82) is 0 Å². The smallest absolute Gasteiger partial charge is 0.237 e. The zero-order valence-electron chi connectivity index (χ0n) is 16.4. The molecule has 1 aromatic heterocycles. The van der Waals surface area contributed by atoms with E-state index in [0.717, 1.165) is 29.9 Å². The van der Waals surface area contributed by atoms with Crippen molar-refractivity contribution >= 4 is 22.8 Å². The molecule has 0 aliphatic carbocycles. The molecule has 3 rings (SSSR count). The fourth-order valence-corrected chi connectivity index (χ4v) is 3.79. The Balaban J connectivity index is 1.57. The average molecular weight is 371 g/mol. The van der Waals surface area contributed by atoms with Gasteiger partial charge in [0.05, 0.1) is 23.5 Å². The summed E-state index contributed by atoms with van der Waals surface area (Å²) >= 11 is 0. The van der Waals surface area contributed by atoms with Gasteiger partial charge in [0.15, 0.2) is 0 Å². The third kappa shape index (κ3) is 4.30. The first-order valence-electron chi connectivity index (χ1n) is 9.75. The molecule has 1 aliphatic heterocycles. The molecule has 0 radical (unpaired) electrons. The highest BCUT2D eigenvalue weighted by Gasteiger charge is 2.32. The first-order valence-corrected chi connectivity index (χ1v) is 9.75. The second-order valence-corrected chi connectivity index (χ2v) is 7.20. The highest BCUT2D eigenvalue weighted by Crippen LogP contribution is 2.16. The van der Waals surface area contributed by atoms with Crippen molar-refractivity contribution in [3.05, 3.63) is 30.1 Å². The lowest BCUT2D eigenvalue weighted by Crippen LogP contribution is -2.58. The van der Waals surface area contributed by atoms with E-state index in [9.17, 15) is 9.59 Å². The minimum absolute atomic E-state index is 0.0575. The van der Waals surface area contributed by atoms with Crippen molar-refractivity contribution < 1.29 is 9.59 Å². The number of imidazole rings is 1. The summed E-state index contributed by atoms with van der Waals surface area (Å²) in [4.78, 5) is 31.3. The third-order valence-corrected chi connectivity index (χ3v) is 5.13. The Bertz CT molecular complexity index is 814. The van der Waals surface area contributed by atoms with Crippen molar-refractivity contribution in [2.45, 2.75) is 52.2 Å². The fourth-order valence-electron chi connectivity index (χ4n) is 3.79. The summed E-state index contributed by atoms with van der Waals surface area (Å²) < 4.78 is 2.18. The van der Waals surface area contributed by atoms with Crippen molar-refractivity contribution in [2.24, 2.45) is 0 Å². The Morgan fingerprint density at radius 2 is 2.15 bits per heavy atom. The lowest BCUT2D eigenvalue weighted by Gasteiger charge is -2.37. The van der Waals surface area contributed by atoms with Crippen molar-refractivity contribution in [2.75, 3.05) is 19.6 Å². The number of aromatic nitrogens is 2. The number of amides is 2. The summed E-state index contributed by atoms with van der Waals surface area (Å²) in [6, 6.07) is 7.91. The topological polar surface area (TPSA) is 79.3 Å².